The van der Waals surface area contributed by atoms with Gasteiger partial charge in [0.2, 0.25) is 0 Å². The Morgan fingerprint density at radius 2 is 1.77 bits per heavy atom. The maximum absolute atomic E-state index is 14.3. The summed E-state index contributed by atoms with van der Waals surface area (Å²) < 4.78 is 30.8. The van der Waals surface area contributed by atoms with Gasteiger partial charge >= 0.3 is 13.1 Å². The van der Waals surface area contributed by atoms with E-state index in [0.717, 1.165) is 0 Å². The molecule has 0 bridgehead atoms. The van der Waals surface area contributed by atoms with Gasteiger partial charge in [-0.2, -0.15) is 0 Å². The Balaban J connectivity index is 2.43. The molecule has 1 aliphatic rings. The summed E-state index contributed by atoms with van der Waals surface area (Å²) >= 11 is 1.27. The monoisotopic (exact) mass is 326 g/mol. The largest absolute Gasteiger partial charge is 0.494 e. The lowest BCUT2D eigenvalue weighted by molar-refractivity contribution is 0.00578. The van der Waals surface area contributed by atoms with Crippen molar-refractivity contribution >= 4 is 30.3 Å². The highest BCUT2D eigenvalue weighted by Gasteiger charge is 2.52. The number of hydrogen-bond donors (Lipinski definition) is 0. The van der Waals surface area contributed by atoms with Crippen LogP contribution in [0.25, 0.3) is 0 Å². The molecule has 0 unspecified atom stereocenters. The van der Waals surface area contributed by atoms with Crippen molar-refractivity contribution < 1.29 is 23.2 Å². The lowest BCUT2D eigenvalue weighted by Gasteiger charge is -2.32. The third-order valence-corrected chi connectivity index (χ3v) is 4.97. The number of ether oxygens (including phenoxy) is 1. The van der Waals surface area contributed by atoms with E-state index < -0.39 is 30.1 Å². The standard InChI is InChI=1S/C15H20BFO4S/c1-14(2)15(3,4)21-16(20-14)9-7-10(17)12(13(18)19-5)11(8-9)22-6/h7-8H,1-6H3. The molecule has 7 heteroatoms. The van der Waals surface area contributed by atoms with E-state index >= 15 is 0 Å². The molecule has 0 spiro atoms. The molecule has 0 amide bonds. The second kappa shape index (κ2) is 5.87. The van der Waals surface area contributed by atoms with E-state index in [0.29, 0.717) is 10.4 Å². The van der Waals surface area contributed by atoms with Crippen LogP contribution in [0.15, 0.2) is 17.0 Å². The Bertz CT molecular complexity index is 587. The maximum atomic E-state index is 14.3. The summed E-state index contributed by atoms with van der Waals surface area (Å²) in [6.07, 6.45) is 1.77. The fourth-order valence-electron chi connectivity index (χ4n) is 2.18. The highest BCUT2D eigenvalue weighted by Crippen LogP contribution is 2.37. The summed E-state index contributed by atoms with van der Waals surface area (Å²) in [5, 5.41) is 0. The number of esters is 1. The Hall–Kier alpha value is -1.05. The smallest absolute Gasteiger partial charge is 0.465 e. The van der Waals surface area contributed by atoms with Crippen molar-refractivity contribution in [1.82, 2.24) is 0 Å². The molecule has 1 aromatic rings. The molecule has 0 N–H and O–H groups in total. The van der Waals surface area contributed by atoms with Crippen molar-refractivity contribution in [3.05, 3.63) is 23.5 Å². The van der Waals surface area contributed by atoms with Crippen molar-refractivity contribution in [2.45, 2.75) is 43.8 Å². The summed E-state index contributed by atoms with van der Waals surface area (Å²) in [5.74, 6) is -1.33. The Labute approximate surface area is 134 Å². The SMILES string of the molecule is COC(=O)c1c(F)cc(B2OC(C)(C)C(C)(C)O2)cc1SC. The fourth-order valence-corrected chi connectivity index (χ4v) is 2.82. The zero-order valence-corrected chi connectivity index (χ0v) is 14.5. The van der Waals surface area contributed by atoms with Gasteiger partial charge in [-0.25, -0.2) is 9.18 Å². The molecule has 1 saturated heterocycles. The van der Waals surface area contributed by atoms with Gasteiger partial charge in [-0.05, 0) is 51.5 Å². The number of methoxy groups -OCH3 is 1. The van der Waals surface area contributed by atoms with Crippen LogP contribution >= 0.6 is 11.8 Å². The van der Waals surface area contributed by atoms with E-state index in [-0.39, 0.29) is 5.56 Å². The first-order valence-electron chi connectivity index (χ1n) is 6.94. The number of carbonyl (C=O) groups is 1. The molecule has 0 aromatic heterocycles. The number of benzene rings is 1. The van der Waals surface area contributed by atoms with Crippen LogP contribution in [-0.2, 0) is 14.0 Å². The fraction of sp³-hybridized carbons (Fsp3) is 0.533. The quantitative estimate of drug-likeness (QED) is 0.485. The number of halogens is 1. The van der Waals surface area contributed by atoms with Crippen molar-refractivity contribution in [3.8, 4) is 0 Å². The van der Waals surface area contributed by atoms with E-state index in [1.165, 1.54) is 24.9 Å². The number of hydrogen-bond acceptors (Lipinski definition) is 5. The molecular weight excluding hydrogens is 306 g/mol. The van der Waals surface area contributed by atoms with Gasteiger partial charge in [0.25, 0.3) is 0 Å². The highest BCUT2D eigenvalue weighted by atomic mass is 32.2. The summed E-state index contributed by atoms with van der Waals surface area (Å²) in [6, 6.07) is 2.98. The van der Waals surface area contributed by atoms with Crippen LogP contribution in [0.2, 0.25) is 0 Å². The second-order valence-electron chi connectivity index (χ2n) is 6.16. The van der Waals surface area contributed by atoms with Gasteiger partial charge in [-0.15, -0.1) is 11.8 Å². The zero-order valence-electron chi connectivity index (χ0n) is 13.7. The molecule has 0 radical (unpaired) electrons. The van der Waals surface area contributed by atoms with Crippen LogP contribution in [0.5, 0.6) is 0 Å². The molecule has 120 valence electrons. The van der Waals surface area contributed by atoms with E-state index in [9.17, 15) is 9.18 Å². The van der Waals surface area contributed by atoms with Crippen LogP contribution in [0.3, 0.4) is 0 Å². The predicted octanol–water partition coefficient (Wildman–Crippen LogP) is 2.63. The molecule has 4 nitrogen and oxygen atoms in total. The minimum atomic E-state index is -0.692. The van der Waals surface area contributed by atoms with E-state index in [2.05, 4.69) is 4.74 Å². The maximum Gasteiger partial charge on any atom is 0.494 e. The Morgan fingerprint density at radius 1 is 1.23 bits per heavy atom. The molecule has 1 aliphatic heterocycles. The normalized spacial score (nSPS) is 19.3. The lowest BCUT2D eigenvalue weighted by Crippen LogP contribution is -2.41. The van der Waals surface area contributed by atoms with Gasteiger partial charge in [0.05, 0.1) is 18.3 Å². The van der Waals surface area contributed by atoms with Crippen LogP contribution in [0.1, 0.15) is 38.1 Å². The number of thioether (sulfide) groups is 1. The van der Waals surface area contributed by atoms with Crippen LogP contribution in [-0.4, -0.2) is 37.7 Å². The Kier molecular flexibility index (Phi) is 4.62. The predicted molar refractivity (Wildman–Crippen MR) is 85.2 cm³/mol. The third kappa shape index (κ3) is 2.89. The lowest BCUT2D eigenvalue weighted by atomic mass is 9.78. The summed E-state index contributed by atoms with van der Waals surface area (Å²) in [5.41, 5.74) is -0.521. The van der Waals surface area contributed by atoms with Gasteiger partial charge in [0.1, 0.15) is 11.4 Å². The zero-order chi connectivity index (χ0) is 16.7. The molecule has 0 saturated carbocycles. The topological polar surface area (TPSA) is 44.8 Å². The minimum absolute atomic E-state index is 0.0599. The van der Waals surface area contributed by atoms with Gasteiger partial charge < -0.3 is 14.0 Å². The van der Waals surface area contributed by atoms with Gasteiger partial charge in [0, 0.05) is 4.90 Å². The van der Waals surface area contributed by atoms with E-state index in [1.54, 1.807) is 12.3 Å². The minimum Gasteiger partial charge on any atom is -0.465 e. The van der Waals surface area contributed by atoms with Crippen LogP contribution in [0.4, 0.5) is 4.39 Å². The van der Waals surface area contributed by atoms with Gasteiger partial charge in [-0.3, -0.25) is 0 Å². The molecule has 0 aliphatic carbocycles. The van der Waals surface area contributed by atoms with Crippen molar-refractivity contribution in [1.29, 1.82) is 0 Å². The van der Waals surface area contributed by atoms with Crippen molar-refractivity contribution in [3.63, 3.8) is 0 Å². The molecule has 22 heavy (non-hydrogen) atoms. The molecule has 0 atom stereocenters. The Morgan fingerprint density at radius 3 is 2.23 bits per heavy atom. The first kappa shape index (κ1) is 17.3. The molecule has 1 fully saturated rings. The van der Waals surface area contributed by atoms with Gasteiger partial charge in [-0.1, -0.05) is 0 Å². The molecule has 1 aromatic carbocycles. The molecule has 1 heterocycles. The van der Waals surface area contributed by atoms with Gasteiger partial charge in [0.15, 0.2) is 0 Å². The van der Waals surface area contributed by atoms with E-state index in [1.807, 2.05) is 27.7 Å². The summed E-state index contributed by atoms with van der Waals surface area (Å²) in [7, 11) is 0.561. The summed E-state index contributed by atoms with van der Waals surface area (Å²) in [4.78, 5) is 12.2. The summed E-state index contributed by atoms with van der Waals surface area (Å²) in [6.45, 7) is 7.73. The number of carbonyl (C=O) groups excluding carboxylic acids is 1. The van der Waals surface area contributed by atoms with Crippen molar-refractivity contribution in [2.24, 2.45) is 0 Å². The average Bonchev–Trinajstić information content (AvgIpc) is 2.65. The first-order chi connectivity index (χ1) is 10.1. The number of rotatable bonds is 3. The highest BCUT2D eigenvalue weighted by molar-refractivity contribution is 7.98. The third-order valence-electron chi connectivity index (χ3n) is 4.21. The van der Waals surface area contributed by atoms with E-state index in [4.69, 9.17) is 9.31 Å². The molecular formula is C15H20BFO4S. The second-order valence-corrected chi connectivity index (χ2v) is 7.01. The van der Waals surface area contributed by atoms with Crippen molar-refractivity contribution in [2.75, 3.05) is 13.4 Å². The van der Waals surface area contributed by atoms with Crippen LogP contribution in [0, 0.1) is 5.82 Å². The first-order valence-corrected chi connectivity index (χ1v) is 8.17. The molecule has 2 rings (SSSR count). The van der Waals surface area contributed by atoms with Crippen LogP contribution < -0.4 is 5.46 Å². The average molecular weight is 326 g/mol.